The van der Waals surface area contributed by atoms with Crippen molar-refractivity contribution in [3.8, 4) is 0 Å². The Kier molecular flexibility index (Phi) is 3.63. The molecule has 0 saturated carbocycles. The zero-order valence-electron chi connectivity index (χ0n) is 13.1. The normalized spacial score (nSPS) is 11.2. The number of nitrogens with zero attached hydrogens (tertiary/aromatic N) is 1. The predicted molar refractivity (Wildman–Crippen MR) is 96.4 cm³/mol. The molecule has 0 fully saturated rings. The van der Waals surface area contributed by atoms with Crippen molar-refractivity contribution in [2.45, 2.75) is 6.54 Å². The topological polar surface area (TPSA) is 42.2 Å². The van der Waals surface area contributed by atoms with Crippen LogP contribution in [0.15, 0.2) is 72.8 Å². The van der Waals surface area contributed by atoms with E-state index in [1.807, 2.05) is 12.1 Å². The summed E-state index contributed by atoms with van der Waals surface area (Å²) in [7, 11) is 0. The van der Waals surface area contributed by atoms with Crippen LogP contribution in [-0.2, 0) is 6.54 Å². The molecule has 0 bridgehead atoms. The van der Waals surface area contributed by atoms with Crippen LogP contribution >= 0.6 is 0 Å². The number of benzene rings is 3. The maximum atomic E-state index is 11.5. The minimum absolute atomic E-state index is 0.251. The predicted octanol–water partition coefficient (Wildman–Crippen LogP) is 4.02. The lowest BCUT2D eigenvalue weighted by Crippen LogP contribution is -2.05. The van der Waals surface area contributed by atoms with E-state index in [1.54, 1.807) is 12.1 Å². The molecule has 3 heteroatoms. The lowest BCUT2D eigenvalue weighted by molar-refractivity contribution is 0.0903. The Morgan fingerprint density at radius 2 is 1.33 bits per heavy atom. The van der Waals surface area contributed by atoms with Gasteiger partial charge in [0.05, 0.1) is 0 Å². The Bertz CT molecular complexity index is 976. The fourth-order valence-electron chi connectivity index (χ4n) is 3.24. The number of aromatic nitrogens is 1. The van der Waals surface area contributed by atoms with E-state index in [4.69, 9.17) is 5.11 Å². The van der Waals surface area contributed by atoms with Gasteiger partial charge in [-0.05, 0) is 17.7 Å². The Hall–Kier alpha value is -2.91. The standard InChI is InChI=1S/C21H17NO2/c23-14-21(24)16-11-9-15(10-12-16)13-22-19-7-3-1-5-17(19)18-6-2-4-8-20(18)22/h1-12,23H,13-14H2. The van der Waals surface area contributed by atoms with Crippen LogP contribution in [0.25, 0.3) is 21.8 Å². The SMILES string of the molecule is O=C(CO)c1ccc(Cn2c3ccccc3c3ccccc32)cc1. The van der Waals surface area contributed by atoms with Gasteiger partial charge >= 0.3 is 0 Å². The molecule has 1 aromatic heterocycles. The second-order valence-electron chi connectivity index (χ2n) is 5.90. The van der Waals surface area contributed by atoms with Gasteiger partial charge in [0.2, 0.25) is 0 Å². The molecule has 0 aliphatic rings. The number of ketones is 1. The zero-order chi connectivity index (χ0) is 16.5. The summed E-state index contributed by atoms with van der Waals surface area (Å²) in [6.07, 6.45) is 0. The summed E-state index contributed by atoms with van der Waals surface area (Å²) in [6.45, 7) is 0.286. The van der Waals surface area contributed by atoms with E-state index in [0.717, 1.165) is 12.1 Å². The lowest BCUT2D eigenvalue weighted by Gasteiger charge is -2.08. The third-order valence-corrected chi connectivity index (χ3v) is 4.44. The maximum absolute atomic E-state index is 11.5. The van der Waals surface area contributed by atoms with E-state index < -0.39 is 6.61 Å². The molecule has 3 aromatic carbocycles. The summed E-state index contributed by atoms with van der Waals surface area (Å²) in [5.74, 6) is -0.251. The van der Waals surface area contributed by atoms with Crippen molar-refractivity contribution in [3.05, 3.63) is 83.9 Å². The average Bonchev–Trinajstić information content (AvgIpc) is 2.96. The van der Waals surface area contributed by atoms with Gasteiger partial charge in [-0.15, -0.1) is 0 Å². The number of hydrogen-bond acceptors (Lipinski definition) is 2. The van der Waals surface area contributed by atoms with Crippen molar-refractivity contribution in [1.82, 2.24) is 4.57 Å². The number of rotatable bonds is 4. The highest BCUT2D eigenvalue weighted by Gasteiger charge is 2.10. The van der Waals surface area contributed by atoms with Gasteiger partial charge in [0.25, 0.3) is 0 Å². The number of aliphatic hydroxyl groups excluding tert-OH is 1. The highest BCUT2D eigenvalue weighted by atomic mass is 16.3. The first kappa shape index (κ1) is 14.7. The smallest absolute Gasteiger partial charge is 0.188 e. The first-order valence-corrected chi connectivity index (χ1v) is 7.97. The summed E-state index contributed by atoms with van der Waals surface area (Å²) in [5, 5.41) is 11.4. The monoisotopic (exact) mass is 315 g/mol. The molecule has 0 atom stereocenters. The molecule has 1 N–H and O–H groups in total. The van der Waals surface area contributed by atoms with Crippen LogP contribution in [0.2, 0.25) is 0 Å². The van der Waals surface area contributed by atoms with Crippen LogP contribution in [0.1, 0.15) is 15.9 Å². The van der Waals surface area contributed by atoms with E-state index in [2.05, 4.69) is 53.1 Å². The van der Waals surface area contributed by atoms with Crippen LogP contribution in [0, 0.1) is 0 Å². The Morgan fingerprint density at radius 3 is 1.88 bits per heavy atom. The molecular formula is C21H17NO2. The van der Waals surface area contributed by atoms with Crippen molar-refractivity contribution >= 4 is 27.6 Å². The van der Waals surface area contributed by atoms with E-state index in [9.17, 15) is 4.79 Å². The summed E-state index contributed by atoms with van der Waals surface area (Å²) in [5.41, 5.74) is 4.07. The Labute approximate surface area is 139 Å². The van der Waals surface area contributed by atoms with Crippen LogP contribution in [0.5, 0.6) is 0 Å². The van der Waals surface area contributed by atoms with Crippen LogP contribution < -0.4 is 0 Å². The fourth-order valence-corrected chi connectivity index (χ4v) is 3.24. The van der Waals surface area contributed by atoms with Gasteiger partial charge in [-0.1, -0.05) is 60.7 Å². The fraction of sp³-hybridized carbons (Fsp3) is 0.0952. The minimum Gasteiger partial charge on any atom is -0.388 e. The quantitative estimate of drug-likeness (QED) is 0.578. The summed E-state index contributed by atoms with van der Waals surface area (Å²) in [4.78, 5) is 11.5. The van der Waals surface area contributed by atoms with E-state index in [0.29, 0.717) is 5.56 Å². The number of para-hydroxylation sites is 2. The molecule has 4 aromatic rings. The third kappa shape index (κ3) is 2.39. The maximum Gasteiger partial charge on any atom is 0.188 e. The lowest BCUT2D eigenvalue weighted by atomic mass is 10.1. The largest absolute Gasteiger partial charge is 0.388 e. The summed E-state index contributed by atoms with van der Waals surface area (Å²) >= 11 is 0. The van der Waals surface area contributed by atoms with Gasteiger partial charge in [0.15, 0.2) is 5.78 Å². The van der Waals surface area contributed by atoms with Crippen LogP contribution in [-0.4, -0.2) is 22.1 Å². The molecule has 0 saturated heterocycles. The number of carbonyl (C=O) groups excluding carboxylic acids is 1. The van der Waals surface area contributed by atoms with Gasteiger partial charge in [0.1, 0.15) is 6.61 Å². The number of hydrogen-bond donors (Lipinski definition) is 1. The molecule has 0 aliphatic heterocycles. The number of Topliss-reactive ketones (excluding diaryl/α,β-unsaturated/α-hetero) is 1. The molecule has 0 unspecified atom stereocenters. The molecule has 24 heavy (non-hydrogen) atoms. The number of fused-ring (bicyclic) bond motifs is 3. The third-order valence-electron chi connectivity index (χ3n) is 4.44. The van der Waals surface area contributed by atoms with E-state index >= 15 is 0 Å². The van der Waals surface area contributed by atoms with Crippen molar-refractivity contribution in [2.24, 2.45) is 0 Å². The molecule has 0 aliphatic carbocycles. The number of carbonyl (C=O) groups is 1. The van der Waals surface area contributed by atoms with E-state index in [-0.39, 0.29) is 5.78 Å². The van der Waals surface area contributed by atoms with Crippen molar-refractivity contribution in [2.75, 3.05) is 6.61 Å². The Balaban J connectivity index is 1.80. The first-order valence-electron chi connectivity index (χ1n) is 7.97. The highest BCUT2D eigenvalue weighted by Crippen LogP contribution is 2.29. The van der Waals surface area contributed by atoms with Crippen molar-refractivity contribution in [3.63, 3.8) is 0 Å². The van der Waals surface area contributed by atoms with Gasteiger partial charge in [-0.2, -0.15) is 0 Å². The van der Waals surface area contributed by atoms with Gasteiger partial charge < -0.3 is 9.67 Å². The first-order chi connectivity index (χ1) is 11.8. The molecular weight excluding hydrogens is 298 g/mol. The molecule has 0 spiro atoms. The molecule has 118 valence electrons. The molecule has 0 amide bonds. The molecule has 1 heterocycles. The molecule has 3 nitrogen and oxygen atoms in total. The van der Waals surface area contributed by atoms with Gasteiger partial charge in [-0.25, -0.2) is 0 Å². The van der Waals surface area contributed by atoms with Gasteiger partial charge in [-0.3, -0.25) is 4.79 Å². The molecule has 4 rings (SSSR count). The van der Waals surface area contributed by atoms with Crippen LogP contribution in [0.4, 0.5) is 0 Å². The highest BCUT2D eigenvalue weighted by molar-refractivity contribution is 6.08. The van der Waals surface area contributed by atoms with Crippen molar-refractivity contribution < 1.29 is 9.90 Å². The second kappa shape index (κ2) is 5.95. The second-order valence-corrected chi connectivity index (χ2v) is 5.90. The van der Waals surface area contributed by atoms with Crippen molar-refractivity contribution in [1.29, 1.82) is 0 Å². The van der Waals surface area contributed by atoms with E-state index in [1.165, 1.54) is 21.8 Å². The van der Waals surface area contributed by atoms with Crippen LogP contribution in [0.3, 0.4) is 0 Å². The average molecular weight is 315 g/mol. The Morgan fingerprint density at radius 1 is 0.792 bits per heavy atom. The summed E-state index contributed by atoms with van der Waals surface area (Å²) in [6, 6.07) is 24.3. The minimum atomic E-state index is -0.452. The number of aliphatic hydroxyl groups is 1. The zero-order valence-corrected chi connectivity index (χ0v) is 13.1. The van der Waals surface area contributed by atoms with Gasteiger partial charge in [0, 0.05) is 33.9 Å². The molecule has 0 radical (unpaired) electrons. The summed E-state index contributed by atoms with van der Waals surface area (Å²) < 4.78 is 2.30.